The van der Waals surface area contributed by atoms with Crippen molar-refractivity contribution in [3.8, 4) is 0 Å². The second-order valence-electron chi connectivity index (χ2n) is 6.68. The van der Waals surface area contributed by atoms with E-state index in [9.17, 15) is 9.90 Å². The highest BCUT2D eigenvalue weighted by Gasteiger charge is 2.31. The number of aromatic nitrogens is 1. The molecule has 2 aromatic carbocycles. The number of amides is 1. The number of carbonyl (C=O) groups excluding carboxylic acids is 1. The molecule has 3 N–H and O–H groups in total. The first kappa shape index (κ1) is 18.3. The van der Waals surface area contributed by atoms with Gasteiger partial charge in [-0.3, -0.25) is 9.69 Å². The minimum atomic E-state index is -0.259. The van der Waals surface area contributed by atoms with E-state index in [-0.39, 0.29) is 25.1 Å². The Morgan fingerprint density at radius 2 is 2.04 bits per heavy atom. The van der Waals surface area contributed by atoms with Crippen molar-refractivity contribution in [3.63, 3.8) is 0 Å². The maximum absolute atomic E-state index is 12.5. The van der Waals surface area contributed by atoms with E-state index in [1.165, 1.54) is 0 Å². The van der Waals surface area contributed by atoms with Gasteiger partial charge in [-0.2, -0.15) is 0 Å². The number of halogens is 2. The van der Waals surface area contributed by atoms with E-state index in [4.69, 9.17) is 23.2 Å². The molecule has 0 bridgehead atoms. The average Bonchev–Trinajstić information content (AvgIpc) is 2.99. The Morgan fingerprint density at radius 1 is 1.22 bits per heavy atom. The minimum Gasteiger partial charge on any atom is -0.394 e. The Hall–Kier alpha value is -2.05. The van der Waals surface area contributed by atoms with Crippen LogP contribution in [-0.4, -0.2) is 40.6 Å². The third-order valence-corrected chi connectivity index (χ3v) is 5.42. The van der Waals surface area contributed by atoms with Gasteiger partial charge in [0.25, 0.3) is 0 Å². The van der Waals surface area contributed by atoms with E-state index in [1.807, 2.05) is 23.1 Å². The SMILES string of the molecule is O=C(CN1CCc2c([nH]c3ccc(Cl)cc23)C1CO)Nc1cccc(Cl)c1. The van der Waals surface area contributed by atoms with Crippen LogP contribution >= 0.6 is 23.2 Å². The third kappa shape index (κ3) is 3.69. The highest BCUT2D eigenvalue weighted by Crippen LogP contribution is 2.35. The summed E-state index contributed by atoms with van der Waals surface area (Å²) in [5, 5.41) is 15.2. The summed E-state index contributed by atoms with van der Waals surface area (Å²) in [6, 6.07) is 12.5. The van der Waals surface area contributed by atoms with Gasteiger partial charge in [0.15, 0.2) is 0 Å². The Balaban J connectivity index is 1.54. The van der Waals surface area contributed by atoms with Crippen LogP contribution in [0.4, 0.5) is 5.69 Å². The molecule has 0 fully saturated rings. The van der Waals surface area contributed by atoms with E-state index in [0.29, 0.717) is 22.3 Å². The van der Waals surface area contributed by atoms with Gasteiger partial charge in [0.1, 0.15) is 0 Å². The number of fused-ring (bicyclic) bond motifs is 3. The zero-order valence-corrected chi connectivity index (χ0v) is 16.0. The van der Waals surface area contributed by atoms with Crippen molar-refractivity contribution in [2.75, 3.05) is 25.0 Å². The lowest BCUT2D eigenvalue weighted by Crippen LogP contribution is -2.42. The molecule has 0 saturated heterocycles. The van der Waals surface area contributed by atoms with Crippen molar-refractivity contribution in [3.05, 3.63) is 63.8 Å². The van der Waals surface area contributed by atoms with Gasteiger partial charge in [-0.25, -0.2) is 0 Å². The van der Waals surface area contributed by atoms with Crippen molar-refractivity contribution < 1.29 is 9.90 Å². The smallest absolute Gasteiger partial charge is 0.238 e. The average molecular weight is 404 g/mol. The highest BCUT2D eigenvalue weighted by molar-refractivity contribution is 6.31. The quantitative estimate of drug-likeness (QED) is 0.616. The van der Waals surface area contributed by atoms with Gasteiger partial charge in [-0.1, -0.05) is 29.3 Å². The van der Waals surface area contributed by atoms with Gasteiger partial charge in [-0.05, 0) is 48.4 Å². The van der Waals surface area contributed by atoms with Gasteiger partial charge in [0.05, 0.1) is 19.2 Å². The maximum Gasteiger partial charge on any atom is 0.238 e. The first-order chi connectivity index (χ1) is 13.0. The molecule has 0 spiro atoms. The van der Waals surface area contributed by atoms with Crippen LogP contribution in [0.5, 0.6) is 0 Å². The normalized spacial score (nSPS) is 17.1. The van der Waals surface area contributed by atoms with E-state index < -0.39 is 0 Å². The lowest BCUT2D eigenvalue weighted by atomic mass is 9.97. The lowest BCUT2D eigenvalue weighted by Gasteiger charge is -2.34. The van der Waals surface area contributed by atoms with Crippen molar-refractivity contribution in [1.82, 2.24) is 9.88 Å². The second kappa shape index (κ2) is 7.52. The summed E-state index contributed by atoms with van der Waals surface area (Å²) in [7, 11) is 0. The molecule has 0 radical (unpaired) electrons. The fourth-order valence-corrected chi connectivity index (χ4v) is 4.10. The third-order valence-electron chi connectivity index (χ3n) is 4.95. The molecule has 1 amide bonds. The van der Waals surface area contributed by atoms with E-state index in [0.717, 1.165) is 28.6 Å². The molecular formula is C20H19Cl2N3O2. The van der Waals surface area contributed by atoms with Gasteiger partial charge in [0, 0.05) is 38.9 Å². The molecule has 1 aliphatic heterocycles. The van der Waals surface area contributed by atoms with Crippen LogP contribution in [0.2, 0.25) is 10.0 Å². The molecule has 1 aromatic heterocycles. The Labute approximate surface area is 166 Å². The summed E-state index contributed by atoms with van der Waals surface area (Å²) in [5.74, 6) is -0.140. The first-order valence-corrected chi connectivity index (χ1v) is 9.51. The fourth-order valence-electron chi connectivity index (χ4n) is 3.74. The number of aliphatic hydroxyl groups excluding tert-OH is 1. The number of hydrogen-bond donors (Lipinski definition) is 3. The Morgan fingerprint density at radius 3 is 2.81 bits per heavy atom. The number of rotatable bonds is 4. The standard InChI is InChI=1S/C20H19Cl2N3O2/c21-12-2-1-3-14(8-12)23-19(27)10-25-7-6-15-16-9-13(22)4-5-17(16)24-20(15)18(25)11-26/h1-5,8-9,18,24,26H,6-7,10-11H2,(H,23,27). The Kier molecular flexibility index (Phi) is 5.10. The van der Waals surface area contributed by atoms with Crippen LogP contribution in [-0.2, 0) is 11.2 Å². The number of nitrogens with one attached hydrogen (secondary N) is 2. The van der Waals surface area contributed by atoms with Crippen molar-refractivity contribution in [1.29, 1.82) is 0 Å². The largest absolute Gasteiger partial charge is 0.394 e. The van der Waals surface area contributed by atoms with Crippen LogP contribution in [0.1, 0.15) is 17.3 Å². The number of anilines is 1. The summed E-state index contributed by atoms with van der Waals surface area (Å²) < 4.78 is 0. The summed E-state index contributed by atoms with van der Waals surface area (Å²) in [5.41, 5.74) is 3.77. The van der Waals surface area contributed by atoms with Crippen molar-refractivity contribution in [2.24, 2.45) is 0 Å². The predicted octanol–water partition coefficient (Wildman–Crippen LogP) is 4.00. The molecule has 2 heterocycles. The molecular weight excluding hydrogens is 385 g/mol. The zero-order chi connectivity index (χ0) is 19.0. The van der Waals surface area contributed by atoms with Crippen LogP contribution in [0, 0.1) is 0 Å². The molecule has 1 atom stereocenters. The van der Waals surface area contributed by atoms with E-state index >= 15 is 0 Å². The van der Waals surface area contributed by atoms with Crippen molar-refractivity contribution in [2.45, 2.75) is 12.5 Å². The van der Waals surface area contributed by atoms with E-state index in [1.54, 1.807) is 24.3 Å². The van der Waals surface area contributed by atoms with Gasteiger partial charge < -0.3 is 15.4 Å². The minimum absolute atomic E-state index is 0.0714. The number of nitrogens with zero attached hydrogens (tertiary/aromatic N) is 1. The zero-order valence-electron chi connectivity index (χ0n) is 14.5. The van der Waals surface area contributed by atoms with Crippen molar-refractivity contribution >= 4 is 45.7 Å². The number of benzene rings is 2. The lowest BCUT2D eigenvalue weighted by molar-refractivity contribution is -0.118. The van der Waals surface area contributed by atoms with Crippen LogP contribution in [0.3, 0.4) is 0 Å². The Bertz CT molecular complexity index is 1000. The van der Waals surface area contributed by atoms with Crippen LogP contribution in [0.15, 0.2) is 42.5 Å². The maximum atomic E-state index is 12.5. The molecule has 5 nitrogen and oxygen atoms in total. The number of H-pyrrole nitrogens is 1. The number of carbonyl (C=O) groups is 1. The first-order valence-electron chi connectivity index (χ1n) is 8.75. The monoisotopic (exact) mass is 403 g/mol. The molecule has 7 heteroatoms. The molecule has 1 aliphatic rings. The molecule has 0 saturated carbocycles. The van der Waals surface area contributed by atoms with Gasteiger partial charge in [-0.15, -0.1) is 0 Å². The highest BCUT2D eigenvalue weighted by atomic mass is 35.5. The molecule has 1 unspecified atom stereocenters. The molecule has 140 valence electrons. The number of hydrogen-bond acceptors (Lipinski definition) is 3. The number of aliphatic hydroxyl groups is 1. The van der Waals surface area contributed by atoms with E-state index in [2.05, 4.69) is 10.3 Å². The molecule has 3 aromatic rings. The van der Waals surface area contributed by atoms with Crippen LogP contribution < -0.4 is 5.32 Å². The number of aromatic amines is 1. The predicted molar refractivity (Wildman–Crippen MR) is 108 cm³/mol. The summed E-state index contributed by atoms with van der Waals surface area (Å²) in [6.07, 6.45) is 0.788. The second-order valence-corrected chi connectivity index (χ2v) is 7.56. The fraction of sp³-hybridized carbons (Fsp3) is 0.250. The summed E-state index contributed by atoms with van der Waals surface area (Å²) in [4.78, 5) is 17.9. The van der Waals surface area contributed by atoms with Crippen LogP contribution in [0.25, 0.3) is 10.9 Å². The van der Waals surface area contributed by atoms with Gasteiger partial charge in [0.2, 0.25) is 5.91 Å². The topological polar surface area (TPSA) is 68.4 Å². The molecule has 27 heavy (non-hydrogen) atoms. The van der Waals surface area contributed by atoms with Gasteiger partial charge >= 0.3 is 0 Å². The summed E-state index contributed by atoms with van der Waals surface area (Å²) in [6.45, 7) is 0.798. The summed E-state index contributed by atoms with van der Waals surface area (Å²) >= 11 is 12.1. The molecule has 0 aliphatic carbocycles. The molecule has 4 rings (SSSR count).